The topological polar surface area (TPSA) is 55.4 Å². The molecule has 0 aliphatic carbocycles. The highest BCUT2D eigenvalue weighted by Gasteiger charge is 2.36. The van der Waals surface area contributed by atoms with Crippen molar-refractivity contribution in [1.29, 1.82) is 0 Å². The molecule has 12 heavy (non-hydrogen) atoms. The van der Waals surface area contributed by atoms with Crippen LogP contribution in [0, 0.1) is 5.41 Å². The Morgan fingerprint density at radius 3 is 2.33 bits per heavy atom. The van der Waals surface area contributed by atoms with Gasteiger partial charge in [-0.15, -0.1) is 0 Å². The SMILES string of the molecule is [B]CNC(=O)C(C)(C)C(=O)OC. The molecular weight excluding hydrogens is 157 g/mol. The second-order valence-corrected chi connectivity index (χ2v) is 2.83. The van der Waals surface area contributed by atoms with Crippen LogP contribution in [0.3, 0.4) is 0 Å². The first-order valence-corrected chi connectivity index (χ1v) is 3.53. The quantitative estimate of drug-likeness (QED) is 0.349. The lowest BCUT2D eigenvalue weighted by Gasteiger charge is -2.19. The molecule has 4 nitrogen and oxygen atoms in total. The summed E-state index contributed by atoms with van der Waals surface area (Å²) in [7, 11) is 6.32. The van der Waals surface area contributed by atoms with Crippen molar-refractivity contribution in [2.45, 2.75) is 13.8 Å². The maximum Gasteiger partial charge on any atom is 0.320 e. The monoisotopic (exact) mass is 169 g/mol. The van der Waals surface area contributed by atoms with Gasteiger partial charge in [0, 0.05) is 0 Å². The fraction of sp³-hybridized carbons (Fsp3) is 0.714. The van der Waals surface area contributed by atoms with Gasteiger partial charge in [0.05, 0.1) is 15.0 Å². The van der Waals surface area contributed by atoms with Crippen molar-refractivity contribution in [3.8, 4) is 0 Å². The minimum atomic E-state index is -1.17. The summed E-state index contributed by atoms with van der Waals surface area (Å²) in [6, 6.07) is 0. The Morgan fingerprint density at radius 1 is 1.50 bits per heavy atom. The van der Waals surface area contributed by atoms with Crippen LogP contribution >= 0.6 is 0 Å². The fourth-order valence-corrected chi connectivity index (χ4v) is 0.662. The molecule has 66 valence electrons. The van der Waals surface area contributed by atoms with E-state index in [4.69, 9.17) is 7.85 Å². The fourth-order valence-electron chi connectivity index (χ4n) is 0.662. The lowest BCUT2D eigenvalue weighted by atomic mass is 9.92. The molecule has 1 N–H and O–H groups in total. The summed E-state index contributed by atoms with van der Waals surface area (Å²) in [5, 5.41) is 2.34. The Hall–Kier alpha value is -0.995. The summed E-state index contributed by atoms with van der Waals surface area (Å²) in [5.41, 5.74) is -1.17. The smallest absolute Gasteiger partial charge is 0.320 e. The number of ether oxygens (including phenoxy) is 1. The number of hydrogen-bond acceptors (Lipinski definition) is 3. The standard InChI is InChI=1S/C7H12BNO3/c1-7(2,6(11)12-3)5(10)9-4-8/h4H2,1-3H3,(H,9,10). The molecule has 0 aromatic heterocycles. The molecule has 0 spiro atoms. The van der Waals surface area contributed by atoms with Crippen molar-refractivity contribution in [2.24, 2.45) is 5.41 Å². The highest BCUT2D eigenvalue weighted by atomic mass is 16.5. The minimum Gasteiger partial charge on any atom is -0.468 e. The van der Waals surface area contributed by atoms with Crippen LogP contribution in [-0.2, 0) is 14.3 Å². The Balaban J connectivity index is 4.38. The average Bonchev–Trinajstić information content (AvgIpc) is 2.03. The van der Waals surface area contributed by atoms with E-state index in [-0.39, 0.29) is 6.44 Å². The van der Waals surface area contributed by atoms with Crippen molar-refractivity contribution in [3.05, 3.63) is 0 Å². The van der Waals surface area contributed by atoms with E-state index in [9.17, 15) is 9.59 Å². The van der Waals surface area contributed by atoms with Crippen molar-refractivity contribution in [1.82, 2.24) is 5.32 Å². The molecule has 0 bridgehead atoms. The predicted molar refractivity (Wildman–Crippen MR) is 44.6 cm³/mol. The Labute approximate surface area is 73.1 Å². The van der Waals surface area contributed by atoms with Crippen LogP contribution in [0.4, 0.5) is 0 Å². The first kappa shape index (κ1) is 11.0. The largest absolute Gasteiger partial charge is 0.468 e. The van der Waals surface area contributed by atoms with E-state index in [1.807, 2.05) is 0 Å². The number of methoxy groups -OCH3 is 1. The van der Waals surface area contributed by atoms with Crippen LogP contribution in [-0.4, -0.2) is 33.3 Å². The third-order valence-corrected chi connectivity index (χ3v) is 1.53. The summed E-state index contributed by atoms with van der Waals surface area (Å²) in [6.45, 7) is 2.95. The van der Waals surface area contributed by atoms with E-state index in [1.54, 1.807) is 0 Å². The summed E-state index contributed by atoms with van der Waals surface area (Å²) in [5.74, 6) is -1.01. The molecule has 0 aromatic carbocycles. The van der Waals surface area contributed by atoms with Crippen LogP contribution in [0.15, 0.2) is 0 Å². The number of amides is 1. The molecule has 0 aliphatic rings. The van der Waals surface area contributed by atoms with Gasteiger partial charge in [0.25, 0.3) is 0 Å². The van der Waals surface area contributed by atoms with Gasteiger partial charge in [0.1, 0.15) is 5.41 Å². The van der Waals surface area contributed by atoms with Crippen molar-refractivity contribution < 1.29 is 14.3 Å². The summed E-state index contributed by atoms with van der Waals surface area (Å²) < 4.78 is 4.44. The summed E-state index contributed by atoms with van der Waals surface area (Å²) in [6.07, 6.45) is 0.0132. The van der Waals surface area contributed by atoms with Gasteiger partial charge in [0.2, 0.25) is 5.91 Å². The maximum atomic E-state index is 11.2. The zero-order valence-electron chi connectivity index (χ0n) is 7.51. The van der Waals surface area contributed by atoms with Gasteiger partial charge in [-0.1, -0.05) is 0 Å². The average molecular weight is 169 g/mol. The zero-order chi connectivity index (χ0) is 9.78. The second kappa shape index (κ2) is 4.14. The Kier molecular flexibility index (Phi) is 3.79. The number of rotatable bonds is 3. The molecule has 0 unspecified atom stereocenters. The minimum absolute atomic E-state index is 0.0132. The highest BCUT2D eigenvalue weighted by Crippen LogP contribution is 2.16. The van der Waals surface area contributed by atoms with Crippen LogP contribution in [0.1, 0.15) is 13.8 Å². The third-order valence-electron chi connectivity index (χ3n) is 1.53. The van der Waals surface area contributed by atoms with Crippen LogP contribution in [0.2, 0.25) is 0 Å². The first-order chi connectivity index (χ1) is 5.46. The van der Waals surface area contributed by atoms with E-state index in [2.05, 4.69) is 10.1 Å². The van der Waals surface area contributed by atoms with Gasteiger partial charge in [-0.25, -0.2) is 0 Å². The van der Waals surface area contributed by atoms with Gasteiger partial charge < -0.3 is 10.1 Å². The number of hydrogen-bond donors (Lipinski definition) is 1. The lowest BCUT2D eigenvalue weighted by Crippen LogP contribution is -2.43. The number of carbonyl (C=O) groups excluding carboxylic acids is 2. The molecule has 0 fully saturated rings. The second-order valence-electron chi connectivity index (χ2n) is 2.83. The first-order valence-electron chi connectivity index (χ1n) is 3.53. The van der Waals surface area contributed by atoms with E-state index in [1.165, 1.54) is 21.0 Å². The molecular formula is C7H12BNO3. The highest BCUT2D eigenvalue weighted by molar-refractivity contribution is 6.11. The van der Waals surface area contributed by atoms with Crippen molar-refractivity contribution in [3.63, 3.8) is 0 Å². The lowest BCUT2D eigenvalue weighted by molar-refractivity contribution is -0.156. The molecule has 0 saturated carbocycles. The third kappa shape index (κ3) is 2.25. The molecule has 0 aliphatic heterocycles. The van der Waals surface area contributed by atoms with Crippen LogP contribution in [0.25, 0.3) is 0 Å². The molecule has 2 radical (unpaired) electrons. The van der Waals surface area contributed by atoms with Crippen LogP contribution in [0.5, 0.6) is 0 Å². The van der Waals surface area contributed by atoms with Crippen LogP contribution < -0.4 is 5.32 Å². The van der Waals surface area contributed by atoms with Gasteiger partial charge in [-0.3, -0.25) is 9.59 Å². The normalized spacial score (nSPS) is 10.6. The summed E-state index contributed by atoms with van der Waals surface area (Å²) in [4.78, 5) is 22.2. The molecule has 0 saturated heterocycles. The maximum absolute atomic E-state index is 11.2. The molecule has 5 heteroatoms. The number of esters is 1. The molecule has 0 aromatic rings. The van der Waals surface area contributed by atoms with Gasteiger partial charge in [0.15, 0.2) is 0 Å². The number of carbonyl (C=O) groups is 2. The molecule has 0 atom stereocenters. The molecule has 0 rings (SSSR count). The summed E-state index contributed by atoms with van der Waals surface area (Å²) >= 11 is 0. The van der Waals surface area contributed by atoms with Gasteiger partial charge in [-0.2, -0.15) is 0 Å². The zero-order valence-corrected chi connectivity index (χ0v) is 7.51. The van der Waals surface area contributed by atoms with Crippen molar-refractivity contribution >= 4 is 19.7 Å². The van der Waals surface area contributed by atoms with E-state index in [0.29, 0.717) is 0 Å². The number of nitrogens with one attached hydrogen (secondary N) is 1. The van der Waals surface area contributed by atoms with E-state index < -0.39 is 17.3 Å². The Bertz CT molecular complexity index is 191. The van der Waals surface area contributed by atoms with Gasteiger partial charge in [-0.05, 0) is 20.3 Å². The van der Waals surface area contributed by atoms with Crippen molar-refractivity contribution in [2.75, 3.05) is 13.6 Å². The van der Waals surface area contributed by atoms with E-state index in [0.717, 1.165) is 0 Å². The Morgan fingerprint density at radius 2 is 2.00 bits per heavy atom. The van der Waals surface area contributed by atoms with Gasteiger partial charge >= 0.3 is 5.97 Å². The predicted octanol–water partition coefficient (Wildman–Crippen LogP) is -0.572. The molecule has 0 heterocycles. The molecule has 1 amide bonds. The van der Waals surface area contributed by atoms with E-state index >= 15 is 0 Å².